The summed E-state index contributed by atoms with van der Waals surface area (Å²) in [5.74, 6) is -0.270. The van der Waals surface area contributed by atoms with Gasteiger partial charge in [0.2, 0.25) is 5.52 Å². The molecule has 0 bridgehead atoms. The Morgan fingerprint density at radius 2 is 1.37 bits per heavy atom. The van der Waals surface area contributed by atoms with E-state index in [1.807, 2.05) is 85.3 Å². The summed E-state index contributed by atoms with van der Waals surface area (Å²) in [5, 5.41) is 10.7. The lowest BCUT2D eigenvalue weighted by Crippen LogP contribution is -3.00. The first-order valence-electron chi connectivity index (χ1n) is 13.0. The van der Waals surface area contributed by atoms with Crippen LogP contribution in [0.1, 0.15) is 24.2 Å². The van der Waals surface area contributed by atoms with Gasteiger partial charge in [0.15, 0.2) is 18.6 Å². The van der Waals surface area contributed by atoms with Crippen LogP contribution < -0.4 is 84.5 Å². The number of nitrogen functional groups attached to an aromatic ring is 2. The molecule has 2 heterocycles. The number of halogens is 2. The van der Waals surface area contributed by atoms with Crippen molar-refractivity contribution in [1.29, 1.82) is 0 Å². The summed E-state index contributed by atoms with van der Waals surface area (Å²) in [5.41, 5.74) is 19.2. The highest BCUT2D eigenvalue weighted by atomic mass is 127. The number of amides is 1. The monoisotopic (exact) mass is 773 g/mol. The first-order chi connectivity index (χ1) is 18.9. The van der Waals surface area contributed by atoms with E-state index in [1.165, 1.54) is 0 Å². The molecule has 1 amide bonds. The Hall–Kier alpha value is -3.65. The zero-order valence-corrected chi connectivity index (χ0v) is 27.2. The Balaban J connectivity index is 0.00000231. The molecule has 3 aromatic carbocycles. The van der Waals surface area contributed by atoms with Gasteiger partial charge in [0.1, 0.15) is 13.1 Å². The molecule has 2 aromatic heterocycles. The van der Waals surface area contributed by atoms with E-state index in [0.29, 0.717) is 22.6 Å². The largest absolute Gasteiger partial charge is 1.00 e. The van der Waals surface area contributed by atoms with Crippen molar-refractivity contribution >= 4 is 56.6 Å². The molecule has 0 saturated heterocycles. The normalized spacial score (nSPS) is 10.3. The molecule has 0 aliphatic heterocycles. The Morgan fingerprint density at radius 3 is 2.02 bits per heavy atom. The number of benzene rings is 3. The summed E-state index contributed by atoms with van der Waals surface area (Å²) in [6.45, 7) is 5.98. The van der Waals surface area contributed by atoms with E-state index in [4.69, 9.17) is 11.5 Å². The molecule has 0 atom stereocenters. The summed E-state index contributed by atoms with van der Waals surface area (Å²) in [6, 6.07) is 24.8. The van der Waals surface area contributed by atoms with Crippen molar-refractivity contribution in [2.45, 2.75) is 26.9 Å². The van der Waals surface area contributed by atoms with Crippen LogP contribution in [0.15, 0.2) is 97.5 Å². The van der Waals surface area contributed by atoms with Gasteiger partial charge in [-0.15, -0.1) is 0 Å². The van der Waals surface area contributed by atoms with Gasteiger partial charge in [0, 0.05) is 52.7 Å². The van der Waals surface area contributed by atoms with Gasteiger partial charge in [0.05, 0.1) is 22.3 Å². The van der Waals surface area contributed by atoms with Gasteiger partial charge in [-0.05, 0) is 68.4 Å². The molecule has 10 heteroatoms. The fraction of sp³-hybridized carbons (Fsp3) is 0.129. The maximum Gasteiger partial charge on any atom is 0.257 e. The highest BCUT2D eigenvalue weighted by molar-refractivity contribution is 6.08. The lowest BCUT2D eigenvalue weighted by molar-refractivity contribution is -0.693. The summed E-state index contributed by atoms with van der Waals surface area (Å²) >= 11 is 0. The number of fused-ring (bicyclic) bond motifs is 1. The molecule has 212 valence electrons. The number of hydrogen-bond acceptors (Lipinski definition) is 5. The van der Waals surface area contributed by atoms with Crippen LogP contribution in [0, 0.1) is 0 Å². The highest BCUT2D eigenvalue weighted by Gasteiger charge is 2.14. The SMILES string of the molecule is CC[n+]1ccc(Nc2ccc(NC(=O)c3ccc(Nc4cc[n+](CC)c5ccc(N)cc45)cc3N)cc2)cc1.[I-].[I-]. The number of carbonyl (C=O) groups excluding carboxylic acids is 1. The smallest absolute Gasteiger partial charge is 0.257 e. The molecule has 41 heavy (non-hydrogen) atoms. The van der Waals surface area contributed by atoms with Crippen molar-refractivity contribution in [3.8, 4) is 0 Å². The van der Waals surface area contributed by atoms with Crippen molar-refractivity contribution in [3.63, 3.8) is 0 Å². The van der Waals surface area contributed by atoms with Gasteiger partial charge >= 0.3 is 0 Å². The van der Waals surface area contributed by atoms with Crippen molar-refractivity contribution < 1.29 is 61.9 Å². The second kappa shape index (κ2) is 14.3. The fourth-order valence-corrected chi connectivity index (χ4v) is 4.50. The minimum absolute atomic E-state index is 0. The summed E-state index contributed by atoms with van der Waals surface area (Å²) in [6.07, 6.45) is 6.09. The molecule has 0 aliphatic rings. The Bertz CT molecular complexity index is 1640. The second-order valence-corrected chi connectivity index (χ2v) is 9.29. The minimum atomic E-state index is -0.270. The quantitative estimate of drug-likeness (QED) is 0.0820. The van der Waals surface area contributed by atoms with Crippen LogP contribution in [0.4, 0.5) is 39.8 Å². The predicted octanol–water partition coefficient (Wildman–Crippen LogP) is -0.633. The van der Waals surface area contributed by atoms with Crippen LogP contribution in [0.2, 0.25) is 0 Å². The van der Waals surface area contributed by atoms with Gasteiger partial charge in [-0.3, -0.25) is 4.79 Å². The molecule has 5 rings (SSSR count). The molecule has 5 aromatic rings. The number of rotatable bonds is 8. The molecule has 8 nitrogen and oxygen atoms in total. The van der Waals surface area contributed by atoms with Gasteiger partial charge in [-0.1, -0.05) is 0 Å². The average molecular weight is 773 g/mol. The van der Waals surface area contributed by atoms with Crippen molar-refractivity contribution in [3.05, 3.63) is 103 Å². The first kappa shape index (κ1) is 31.9. The van der Waals surface area contributed by atoms with Gasteiger partial charge in [0.25, 0.3) is 5.91 Å². The average Bonchev–Trinajstić information content (AvgIpc) is 2.95. The highest BCUT2D eigenvalue weighted by Crippen LogP contribution is 2.28. The van der Waals surface area contributed by atoms with E-state index in [0.717, 1.165) is 46.7 Å². The topological polar surface area (TPSA) is 113 Å². The van der Waals surface area contributed by atoms with E-state index in [-0.39, 0.29) is 53.9 Å². The van der Waals surface area contributed by atoms with Crippen LogP contribution in [-0.4, -0.2) is 5.91 Å². The number of nitrogens with zero attached hydrogens (tertiary/aromatic N) is 2. The Kier molecular flexibility index (Phi) is 11.1. The summed E-state index contributed by atoms with van der Waals surface area (Å²) in [4.78, 5) is 13.0. The van der Waals surface area contributed by atoms with E-state index in [9.17, 15) is 4.79 Å². The maximum absolute atomic E-state index is 13.0. The van der Waals surface area contributed by atoms with Crippen molar-refractivity contribution in [1.82, 2.24) is 0 Å². The van der Waals surface area contributed by atoms with Crippen LogP contribution >= 0.6 is 0 Å². The molecule has 0 saturated carbocycles. The Morgan fingerprint density at radius 1 is 0.707 bits per heavy atom. The van der Waals surface area contributed by atoms with Gasteiger partial charge in [-0.2, -0.15) is 4.57 Å². The number of nitrogens with one attached hydrogen (secondary N) is 3. The summed E-state index contributed by atoms with van der Waals surface area (Å²) < 4.78 is 4.26. The molecular weight excluding hydrogens is 740 g/mol. The molecule has 0 unspecified atom stereocenters. The van der Waals surface area contributed by atoms with Crippen LogP contribution in [-0.2, 0) is 13.1 Å². The zero-order chi connectivity index (χ0) is 27.4. The molecule has 0 radical (unpaired) electrons. The van der Waals surface area contributed by atoms with E-state index < -0.39 is 0 Å². The van der Waals surface area contributed by atoms with Crippen LogP contribution in [0.25, 0.3) is 10.9 Å². The van der Waals surface area contributed by atoms with Crippen LogP contribution in [0.5, 0.6) is 0 Å². The number of aryl methyl sites for hydroxylation is 2. The van der Waals surface area contributed by atoms with E-state index in [1.54, 1.807) is 12.1 Å². The maximum atomic E-state index is 13.0. The number of pyridine rings is 2. The minimum Gasteiger partial charge on any atom is -1.00 e. The second-order valence-electron chi connectivity index (χ2n) is 9.29. The summed E-state index contributed by atoms with van der Waals surface area (Å²) in [7, 11) is 0. The number of nitrogens with two attached hydrogens (primary N) is 2. The van der Waals surface area contributed by atoms with Crippen LogP contribution in [0.3, 0.4) is 0 Å². The molecule has 0 fully saturated rings. The molecule has 7 N–H and O–H groups in total. The van der Waals surface area contributed by atoms with E-state index >= 15 is 0 Å². The van der Waals surface area contributed by atoms with Crippen molar-refractivity contribution in [2.75, 3.05) is 27.4 Å². The third kappa shape index (κ3) is 7.55. The number of aromatic nitrogens is 2. The molecular formula is C31H33I2N7O. The lowest BCUT2D eigenvalue weighted by atomic mass is 10.1. The predicted molar refractivity (Wildman–Crippen MR) is 158 cm³/mol. The fourth-order valence-electron chi connectivity index (χ4n) is 4.50. The van der Waals surface area contributed by atoms with E-state index in [2.05, 4.69) is 38.9 Å². The van der Waals surface area contributed by atoms with Crippen molar-refractivity contribution in [2.24, 2.45) is 0 Å². The molecule has 0 aliphatic carbocycles. The number of hydrogen-bond donors (Lipinski definition) is 5. The zero-order valence-electron chi connectivity index (χ0n) is 22.9. The Labute approximate surface area is 274 Å². The van der Waals surface area contributed by atoms with Gasteiger partial charge in [-0.25, -0.2) is 4.57 Å². The first-order valence-corrected chi connectivity index (χ1v) is 13.0. The number of carbonyl (C=O) groups is 1. The molecule has 0 spiro atoms. The third-order valence-corrected chi connectivity index (χ3v) is 6.64. The third-order valence-electron chi connectivity index (χ3n) is 6.64. The van der Waals surface area contributed by atoms with Gasteiger partial charge < -0.3 is 75.4 Å². The standard InChI is InChI=1S/C31H31N7O.2HI/c1-3-37-16-13-24(14-17-37)34-22-6-8-23(9-7-22)36-31(39)26-11-10-25(20-28(26)33)35-29-15-18-38(4-2)30-12-5-21(32)19-27(29)30;;/h5-20H,3-4,32H2,1-2H3,(H3,33,36,39);2*1H. The number of anilines is 7. The lowest BCUT2D eigenvalue weighted by Gasteiger charge is -2.13.